The molecule has 0 radical (unpaired) electrons. The molecule has 1 heterocycles. The number of hydrogen-bond donors (Lipinski definition) is 0. The number of carbonyl (C=O) groups excluding carboxylic acids is 2. The molecule has 2 rings (SSSR count). The molecule has 0 saturated carbocycles. The summed E-state index contributed by atoms with van der Waals surface area (Å²) >= 11 is 0. The minimum Gasteiger partial charge on any atom is -0.590 e. The second-order valence-electron chi connectivity index (χ2n) is 3.11. The van der Waals surface area contributed by atoms with Crippen LogP contribution >= 0.6 is 0 Å². The number of aryl methyl sites for hydroxylation is 2. The van der Waals surface area contributed by atoms with Crippen molar-refractivity contribution in [3.05, 3.63) is 47.7 Å². The van der Waals surface area contributed by atoms with E-state index in [4.69, 9.17) is 14.0 Å². The van der Waals surface area contributed by atoms with E-state index in [0.717, 1.165) is 11.3 Å². The summed E-state index contributed by atoms with van der Waals surface area (Å²) in [6.07, 6.45) is 1.62. The van der Waals surface area contributed by atoms with Gasteiger partial charge in [0.15, 0.2) is 0 Å². The van der Waals surface area contributed by atoms with Crippen LogP contribution in [0.1, 0.15) is 11.1 Å². The van der Waals surface area contributed by atoms with Crippen molar-refractivity contribution in [1.29, 1.82) is 0 Å². The van der Waals surface area contributed by atoms with Gasteiger partial charge in [-0.05, 0) is 6.26 Å². The van der Waals surface area contributed by atoms with Gasteiger partial charge in [-0.15, -0.1) is 17.2 Å². The van der Waals surface area contributed by atoms with E-state index < -0.39 is 0 Å². The topological polar surface area (TPSA) is 47.3 Å². The van der Waals surface area contributed by atoms with Crippen LogP contribution < -0.4 is 0 Å². The predicted octanol–water partition coefficient (Wildman–Crippen LogP) is 2.61. The normalized spacial score (nSPS) is 7.89. The Balaban J connectivity index is 0. The van der Waals surface area contributed by atoms with E-state index >= 15 is 0 Å². The molecule has 3 nitrogen and oxygen atoms in total. The van der Waals surface area contributed by atoms with Crippen molar-refractivity contribution in [2.24, 2.45) is 0 Å². The zero-order chi connectivity index (χ0) is 13.3. The molecular formula is C14H12O3Pt. The van der Waals surface area contributed by atoms with E-state index in [1.54, 1.807) is 12.3 Å². The second kappa shape index (κ2) is 10.7. The van der Waals surface area contributed by atoms with E-state index in [1.165, 1.54) is 11.1 Å². The van der Waals surface area contributed by atoms with Gasteiger partial charge in [0.1, 0.15) is 0 Å². The molecule has 0 N–H and O–H groups in total. The van der Waals surface area contributed by atoms with Gasteiger partial charge in [-0.25, -0.2) is 11.6 Å². The summed E-state index contributed by atoms with van der Waals surface area (Å²) in [4.78, 5) is 15.5. The first-order valence-corrected chi connectivity index (χ1v) is 4.69. The molecule has 4 heteroatoms. The van der Waals surface area contributed by atoms with Gasteiger partial charge < -0.3 is 14.0 Å². The summed E-state index contributed by atoms with van der Waals surface area (Å²) in [5, 5.41) is 0. The standard InChI is InChI=1S/C12H10O.2CHO.Pt/c1-9-5-6-11(8-10(9)2)12-4-3-7-13-12;2*1-2;/h3,5,7-8H,1-2H3;2*1H;/q-2;2*-1;+4. The molecule has 0 unspecified atom stereocenters. The second-order valence-corrected chi connectivity index (χ2v) is 3.11. The van der Waals surface area contributed by atoms with E-state index in [1.807, 2.05) is 6.07 Å². The first kappa shape index (κ1) is 18.9. The molecule has 0 saturated heterocycles. The molecule has 1 aromatic carbocycles. The van der Waals surface area contributed by atoms with Crippen LogP contribution in [0.2, 0.25) is 0 Å². The van der Waals surface area contributed by atoms with E-state index in [2.05, 4.69) is 45.6 Å². The van der Waals surface area contributed by atoms with E-state index in [-0.39, 0.29) is 21.1 Å². The molecular weight excluding hydrogens is 411 g/mol. The van der Waals surface area contributed by atoms with Gasteiger partial charge in [0.2, 0.25) is 0 Å². The molecule has 0 fully saturated rings. The third-order valence-electron chi connectivity index (χ3n) is 2.14. The van der Waals surface area contributed by atoms with E-state index in [0.29, 0.717) is 0 Å². The Morgan fingerprint density at radius 2 is 1.67 bits per heavy atom. The van der Waals surface area contributed by atoms with E-state index in [9.17, 15) is 0 Å². The van der Waals surface area contributed by atoms with Crippen LogP contribution in [0.3, 0.4) is 0 Å². The fourth-order valence-corrected chi connectivity index (χ4v) is 1.19. The summed E-state index contributed by atoms with van der Waals surface area (Å²) in [5.41, 5.74) is 3.46. The fraction of sp³-hybridized carbons (Fsp3) is 0.143. The molecule has 0 bridgehead atoms. The maximum absolute atomic E-state index is 7.75. The Kier molecular flexibility index (Phi) is 11.2. The van der Waals surface area contributed by atoms with Crippen molar-refractivity contribution in [2.75, 3.05) is 0 Å². The molecule has 0 spiro atoms. The van der Waals surface area contributed by atoms with Crippen LogP contribution in [-0.4, -0.2) is 13.6 Å². The molecule has 18 heavy (non-hydrogen) atoms. The largest absolute Gasteiger partial charge is 4.00 e. The van der Waals surface area contributed by atoms with Gasteiger partial charge in [0, 0.05) is 0 Å². The Morgan fingerprint density at radius 3 is 2.11 bits per heavy atom. The summed E-state index contributed by atoms with van der Waals surface area (Å²) in [7, 11) is 0. The van der Waals surface area contributed by atoms with Crippen LogP contribution in [0.4, 0.5) is 0 Å². The van der Waals surface area contributed by atoms with Gasteiger partial charge in [-0.2, -0.15) is 18.2 Å². The van der Waals surface area contributed by atoms with Gasteiger partial charge in [-0.1, -0.05) is 19.6 Å². The number of furan rings is 1. The van der Waals surface area contributed by atoms with Crippen molar-refractivity contribution in [3.63, 3.8) is 0 Å². The van der Waals surface area contributed by atoms with Crippen molar-refractivity contribution >= 4 is 13.6 Å². The Labute approximate surface area is 121 Å². The van der Waals surface area contributed by atoms with Crippen molar-refractivity contribution in [1.82, 2.24) is 0 Å². The average molecular weight is 423 g/mol. The number of rotatable bonds is 1. The minimum absolute atomic E-state index is 0. The van der Waals surface area contributed by atoms with Crippen molar-refractivity contribution in [2.45, 2.75) is 13.8 Å². The molecule has 0 aliphatic heterocycles. The summed E-state index contributed by atoms with van der Waals surface area (Å²) in [6.45, 7) is 10.6. The zero-order valence-electron chi connectivity index (χ0n) is 10.0. The molecule has 0 aliphatic carbocycles. The number of hydrogen-bond acceptors (Lipinski definition) is 3. The third kappa shape index (κ3) is 5.24. The fourth-order valence-electron chi connectivity index (χ4n) is 1.19. The maximum atomic E-state index is 7.75. The van der Waals surface area contributed by atoms with Crippen LogP contribution in [0.5, 0.6) is 0 Å². The van der Waals surface area contributed by atoms with Gasteiger partial charge >= 0.3 is 21.1 Å². The summed E-state index contributed by atoms with van der Waals surface area (Å²) in [5.74, 6) is 0.753. The van der Waals surface area contributed by atoms with Crippen LogP contribution in [0.25, 0.3) is 11.3 Å². The molecule has 0 aliphatic rings. The molecule has 96 valence electrons. The summed E-state index contributed by atoms with van der Waals surface area (Å²) < 4.78 is 5.23. The Bertz CT molecular complexity index is 436. The Hall–Kier alpha value is -1.47. The van der Waals surface area contributed by atoms with Gasteiger partial charge in [-0.3, -0.25) is 13.6 Å². The smallest absolute Gasteiger partial charge is 0.590 e. The predicted molar refractivity (Wildman–Crippen MR) is 64.8 cm³/mol. The van der Waals surface area contributed by atoms with Gasteiger partial charge in [0.25, 0.3) is 0 Å². The first-order valence-electron chi connectivity index (χ1n) is 4.69. The van der Waals surface area contributed by atoms with Crippen LogP contribution in [0.15, 0.2) is 28.9 Å². The number of benzene rings is 1. The molecule has 1 aromatic heterocycles. The first-order chi connectivity index (χ1) is 8.27. The quantitative estimate of drug-likeness (QED) is 0.524. The van der Waals surface area contributed by atoms with Crippen molar-refractivity contribution < 1.29 is 35.1 Å². The molecule has 2 aromatic rings. The maximum Gasteiger partial charge on any atom is 4.00 e. The average Bonchev–Trinajstić information content (AvgIpc) is 2.91. The minimum atomic E-state index is 0. The molecule has 0 atom stereocenters. The SMILES string of the molecule is Cc1c[c-]c(-c2[c-]cco2)cc1C.[CH-]=O.[CH-]=O.[Pt+4]. The summed E-state index contributed by atoms with van der Waals surface area (Å²) in [6, 6.07) is 12.0. The Morgan fingerprint density at radius 1 is 1.06 bits per heavy atom. The third-order valence-corrected chi connectivity index (χ3v) is 2.14. The van der Waals surface area contributed by atoms with Crippen LogP contribution in [0, 0.1) is 26.0 Å². The van der Waals surface area contributed by atoms with Crippen molar-refractivity contribution in [3.8, 4) is 11.3 Å². The van der Waals surface area contributed by atoms with Gasteiger partial charge in [0.05, 0.1) is 0 Å². The zero-order valence-corrected chi connectivity index (χ0v) is 12.3. The monoisotopic (exact) mass is 423 g/mol. The molecule has 0 amide bonds. The van der Waals surface area contributed by atoms with Crippen LogP contribution in [-0.2, 0) is 30.7 Å².